The molecule has 4 heteroatoms. The molecule has 0 saturated carbocycles. The summed E-state index contributed by atoms with van der Waals surface area (Å²) in [5.41, 5.74) is -0.931. The predicted octanol–water partition coefficient (Wildman–Crippen LogP) is -0.500. The molecule has 0 aliphatic rings. The summed E-state index contributed by atoms with van der Waals surface area (Å²) < 4.78 is 4.96. The van der Waals surface area contributed by atoms with E-state index in [-0.39, 0.29) is 26.4 Å². The monoisotopic (exact) mass is 176 g/mol. The van der Waals surface area contributed by atoms with Crippen LogP contribution in [0.3, 0.4) is 0 Å². The molecular weight excluding hydrogens is 160 g/mol. The normalized spacial score (nSPS) is 12.3. The van der Waals surface area contributed by atoms with Gasteiger partial charge in [-0.15, -0.1) is 0 Å². The first-order valence-corrected chi connectivity index (χ1v) is 3.80. The summed E-state index contributed by atoms with van der Waals surface area (Å²) in [7, 11) is 0. The van der Waals surface area contributed by atoms with Gasteiger partial charge >= 0.3 is 0 Å². The van der Waals surface area contributed by atoms with E-state index in [9.17, 15) is 0 Å². The van der Waals surface area contributed by atoms with E-state index >= 15 is 0 Å². The topological polar surface area (TPSA) is 69.9 Å². The van der Waals surface area contributed by atoms with E-state index in [2.05, 4.69) is 0 Å². The van der Waals surface area contributed by atoms with Crippen LogP contribution in [0.4, 0.5) is 0 Å². The van der Waals surface area contributed by atoms with Crippen molar-refractivity contribution in [1.29, 1.82) is 0 Å². The molecule has 0 saturated heterocycles. The van der Waals surface area contributed by atoms with Crippen LogP contribution in [0, 0.1) is 5.41 Å². The quantitative estimate of drug-likeness (QED) is 0.477. The molecule has 0 bridgehead atoms. The van der Waals surface area contributed by atoms with Gasteiger partial charge in [0, 0.05) is 0 Å². The van der Waals surface area contributed by atoms with Gasteiger partial charge in [-0.05, 0) is 6.92 Å². The molecule has 0 heterocycles. The molecule has 0 aliphatic heterocycles. The average molecular weight is 176 g/mol. The van der Waals surface area contributed by atoms with E-state index in [0.717, 1.165) is 0 Å². The highest BCUT2D eigenvalue weighted by atomic mass is 16.5. The lowest BCUT2D eigenvalue weighted by Gasteiger charge is -2.25. The molecule has 3 N–H and O–H groups in total. The van der Waals surface area contributed by atoms with E-state index in [1.165, 1.54) is 6.26 Å². The third kappa shape index (κ3) is 3.21. The van der Waals surface area contributed by atoms with Crippen LogP contribution in [-0.2, 0) is 4.74 Å². The fourth-order valence-electron chi connectivity index (χ4n) is 0.608. The molecule has 0 fully saturated rings. The summed E-state index contributed by atoms with van der Waals surface area (Å²) in [6, 6.07) is 0. The van der Waals surface area contributed by atoms with Crippen molar-refractivity contribution in [3.05, 3.63) is 12.3 Å². The Bertz CT molecular complexity index is 121. The van der Waals surface area contributed by atoms with Crippen LogP contribution in [0.5, 0.6) is 0 Å². The van der Waals surface area contributed by atoms with Crippen LogP contribution in [0.25, 0.3) is 0 Å². The van der Waals surface area contributed by atoms with Gasteiger partial charge in [-0.25, -0.2) is 0 Å². The second-order valence-corrected chi connectivity index (χ2v) is 2.75. The fourth-order valence-corrected chi connectivity index (χ4v) is 0.608. The van der Waals surface area contributed by atoms with E-state index < -0.39 is 5.41 Å². The second-order valence-electron chi connectivity index (χ2n) is 2.75. The molecule has 0 amide bonds. The molecule has 0 aromatic rings. The minimum atomic E-state index is -0.931. The van der Waals surface area contributed by atoms with Gasteiger partial charge in [0.05, 0.1) is 38.1 Å². The van der Waals surface area contributed by atoms with Crippen molar-refractivity contribution in [2.45, 2.75) is 6.92 Å². The van der Waals surface area contributed by atoms with Crippen LogP contribution in [0.1, 0.15) is 6.92 Å². The van der Waals surface area contributed by atoms with Gasteiger partial charge < -0.3 is 20.1 Å². The van der Waals surface area contributed by atoms with Crippen molar-refractivity contribution in [2.75, 3.05) is 26.4 Å². The summed E-state index contributed by atoms with van der Waals surface area (Å²) in [5, 5.41) is 26.6. The van der Waals surface area contributed by atoms with Crippen LogP contribution >= 0.6 is 0 Å². The highest BCUT2D eigenvalue weighted by Gasteiger charge is 2.28. The van der Waals surface area contributed by atoms with E-state index in [1.807, 2.05) is 0 Å². The lowest BCUT2D eigenvalue weighted by Crippen LogP contribution is -2.38. The maximum atomic E-state index is 8.85. The van der Waals surface area contributed by atoms with Crippen LogP contribution in [-0.4, -0.2) is 41.7 Å². The zero-order chi connectivity index (χ0) is 9.45. The van der Waals surface area contributed by atoms with Crippen molar-refractivity contribution in [1.82, 2.24) is 0 Å². The van der Waals surface area contributed by atoms with Gasteiger partial charge in [-0.1, -0.05) is 6.08 Å². The summed E-state index contributed by atoms with van der Waals surface area (Å²) in [6.45, 7) is 1.02. The number of hydrogen-bond acceptors (Lipinski definition) is 4. The largest absolute Gasteiger partial charge is 0.501 e. The van der Waals surface area contributed by atoms with Crippen LogP contribution in [0.15, 0.2) is 12.3 Å². The zero-order valence-electron chi connectivity index (χ0n) is 7.23. The van der Waals surface area contributed by atoms with Crippen molar-refractivity contribution < 1.29 is 20.1 Å². The number of aliphatic hydroxyl groups is 3. The SMILES string of the molecule is CC=COCC(CO)(CO)CO. The van der Waals surface area contributed by atoms with E-state index in [4.69, 9.17) is 20.1 Å². The van der Waals surface area contributed by atoms with Crippen LogP contribution < -0.4 is 0 Å². The zero-order valence-corrected chi connectivity index (χ0v) is 7.23. The van der Waals surface area contributed by atoms with Crippen molar-refractivity contribution in [2.24, 2.45) is 5.41 Å². The highest BCUT2D eigenvalue weighted by Crippen LogP contribution is 2.14. The Morgan fingerprint density at radius 3 is 2.00 bits per heavy atom. The maximum absolute atomic E-state index is 8.85. The predicted molar refractivity (Wildman–Crippen MR) is 44.5 cm³/mol. The third-order valence-electron chi connectivity index (χ3n) is 1.63. The van der Waals surface area contributed by atoms with E-state index in [1.54, 1.807) is 13.0 Å². The summed E-state index contributed by atoms with van der Waals surface area (Å²) in [6.07, 6.45) is 3.15. The first-order chi connectivity index (χ1) is 5.74. The van der Waals surface area contributed by atoms with Crippen molar-refractivity contribution in [3.8, 4) is 0 Å². The minimum Gasteiger partial charge on any atom is -0.501 e. The number of hydrogen-bond donors (Lipinski definition) is 3. The molecule has 0 atom stereocenters. The van der Waals surface area contributed by atoms with Crippen LogP contribution in [0.2, 0.25) is 0 Å². The molecule has 0 radical (unpaired) electrons. The Kier molecular flexibility index (Phi) is 5.70. The molecule has 0 rings (SSSR count). The number of rotatable bonds is 6. The minimum absolute atomic E-state index is 0.112. The maximum Gasteiger partial charge on any atom is 0.0995 e. The molecule has 0 unspecified atom stereocenters. The van der Waals surface area contributed by atoms with Gasteiger partial charge in [0.15, 0.2) is 0 Å². The Labute approximate surface area is 72.1 Å². The van der Waals surface area contributed by atoms with Gasteiger partial charge in [-0.3, -0.25) is 0 Å². The Morgan fingerprint density at radius 2 is 1.67 bits per heavy atom. The second kappa shape index (κ2) is 5.99. The molecule has 72 valence electrons. The first kappa shape index (κ1) is 11.4. The van der Waals surface area contributed by atoms with E-state index in [0.29, 0.717) is 0 Å². The standard InChI is InChI=1S/C8H16O4/c1-2-3-12-7-8(4-9,5-10)6-11/h2-3,9-11H,4-7H2,1H3. The molecule has 0 spiro atoms. The number of allylic oxidation sites excluding steroid dienone is 1. The fraction of sp³-hybridized carbons (Fsp3) is 0.750. The molecule has 12 heavy (non-hydrogen) atoms. The first-order valence-electron chi connectivity index (χ1n) is 3.80. The molecule has 0 aromatic heterocycles. The Morgan fingerprint density at radius 1 is 1.17 bits per heavy atom. The summed E-state index contributed by atoms with van der Waals surface area (Å²) >= 11 is 0. The van der Waals surface area contributed by atoms with Crippen molar-refractivity contribution >= 4 is 0 Å². The molecule has 0 aromatic carbocycles. The van der Waals surface area contributed by atoms with Crippen molar-refractivity contribution in [3.63, 3.8) is 0 Å². The summed E-state index contributed by atoms with van der Waals surface area (Å²) in [5.74, 6) is 0. The Balaban J connectivity index is 3.92. The molecular formula is C8H16O4. The van der Waals surface area contributed by atoms with Gasteiger partial charge in [-0.2, -0.15) is 0 Å². The Hall–Kier alpha value is -0.580. The number of aliphatic hydroxyl groups excluding tert-OH is 3. The average Bonchev–Trinajstić information content (AvgIpc) is 2.14. The van der Waals surface area contributed by atoms with Gasteiger partial charge in [0.2, 0.25) is 0 Å². The molecule has 0 aliphatic carbocycles. The lowest BCUT2D eigenvalue weighted by molar-refractivity contribution is -0.0368. The molecule has 4 nitrogen and oxygen atoms in total. The van der Waals surface area contributed by atoms with Gasteiger partial charge in [0.25, 0.3) is 0 Å². The lowest BCUT2D eigenvalue weighted by atomic mass is 9.93. The van der Waals surface area contributed by atoms with Gasteiger partial charge in [0.1, 0.15) is 0 Å². The third-order valence-corrected chi connectivity index (χ3v) is 1.63. The number of ether oxygens (including phenoxy) is 1. The summed E-state index contributed by atoms with van der Waals surface area (Å²) in [4.78, 5) is 0. The smallest absolute Gasteiger partial charge is 0.0995 e. The highest BCUT2D eigenvalue weighted by molar-refractivity contribution is 4.78.